The Kier molecular flexibility index (Phi) is 5.82. The van der Waals surface area contributed by atoms with Crippen molar-refractivity contribution in [2.45, 2.75) is 36.8 Å². The van der Waals surface area contributed by atoms with Gasteiger partial charge in [-0.1, -0.05) is 18.2 Å². The van der Waals surface area contributed by atoms with Gasteiger partial charge in [0, 0.05) is 19.2 Å². The van der Waals surface area contributed by atoms with Crippen molar-refractivity contribution in [3.05, 3.63) is 60.2 Å². The molecule has 3 rings (SSSR count). The normalized spacial score (nSPS) is 18.1. The van der Waals surface area contributed by atoms with Gasteiger partial charge < -0.3 is 10.1 Å². The van der Waals surface area contributed by atoms with Crippen molar-refractivity contribution in [3.63, 3.8) is 0 Å². The quantitative estimate of drug-likeness (QED) is 0.826. The fourth-order valence-electron chi connectivity index (χ4n) is 3.09. The molecule has 1 aliphatic heterocycles. The Hall–Kier alpha value is -2.38. The molecule has 1 N–H and O–H groups in total. The zero-order valence-electron chi connectivity index (χ0n) is 15.5. The summed E-state index contributed by atoms with van der Waals surface area (Å²) in [6, 6.07) is 14.7. The molecule has 0 saturated carbocycles. The minimum atomic E-state index is -3.69. The molecule has 0 radical (unpaired) electrons. The number of carbonyl (C=O) groups is 1. The van der Waals surface area contributed by atoms with Crippen LogP contribution in [0.4, 0.5) is 5.69 Å². The minimum absolute atomic E-state index is 0.0353. The van der Waals surface area contributed by atoms with E-state index in [1.165, 1.54) is 35.6 Å². The predicted octanol–water partition coefficient (Wildman–Crippen LogP) is 2.81. The zero-order chi connectivity index (χ0) is 19.4. The number of hydrogen-bond donors (Lipinski definition) is 1. The highest BCUT2D eigenvalue weighted by atomic mass is 32.2. The molecule has 1 saturated heterocycles. The number of nitrogens with zero attached hydrogens (tertiary/aromatic N) is 1. The average Bonchev–Trinajstić information content (AvgIpc) is 3.23. The fraction of sp³-hybridized carbons (Fsp3) is 0.350. The number of anilines is 1. The molecule has 7 heteroatoms. The summed E-state index contributed by atoms with van der Waals surface area (Å²) >= 11 is 0. The number of sulfonamides is 1. The van der Waals surface area contributed by atoms with E-state index in [0.717, 1.165) is 19.4 Å². The van der Waals surface area contributed by atoms with Crippen LogP contribution in [-0.4, -0.2) is 40.1 Å². The van der Waals surface area contributed by atoms with Crippen molar-refractivity contribution < 1.29 is 17.9 Å². The molecule has 1 amide bonds. The number of carbonyl (C=O) groups excluding carboxylic acids is 1. The van der Waals surface area contributed by atoms with Gasteiger partial charge >= 0.3 is 0 Å². The molecule has 6 nitrogen and oxygen atoms in total. The summed E-state index contributed by atoms with van der Waals surface area (Å²) in [5.41, 5.74) is 0.992. The molecule has 1 heterocycles. The van der Waals surface area contributed by atoms with E-state index >= 15 is 0 Å². The van der Waals surface area contributed by atoms with Crippen LogP contribution in [0.3, 0.4) is 0 Å². The maximum absolute atomic E-state index is 12.8. The minimum Gasteiger partial charge on any atom is -0.376 e. The van der Waals surface area contributed by atoms with Gasteiger partial charge in [-0.05, 0) is 56.2 Å². The number of hydrogen-bond acceptors (Lipinski definition) is 4. The van der Waals surface area contributed by atoms with Crippen LogP contribution in [0, 0.1) is 0 Å². The van der Waals surface area contributed by atoms with E-state index < -0.39 is 10.0 Å². The second-order valence-electron chi connectivity index (χ2n) is 6.65. The highest BCUT2D eigenvalue weighted by molar-refractivity contribution is 7.92. The molecule has 0 aromatic heterocycles. The summed E-state index contributed by atoms with van der Waals surface area (Å²) in [7, 11) is -2.18. The Balaban J connectivity index is 1.71. The van der Waals surface area contributed by atoms with Crippen LogP contribution in [0.2, 0.25) is 0 Å². The number of nitrogens with one attached hydrogen (secondary N) is 1. The summed E-state index contributed by atoms with van der Waals surface area (Å²) in [5.74, 6) is -0.238. The van der Waals surface area contributed by atoms with Gasteiger partial charge in [-0.3, -0.25) is 9.10 Å². The van der Waals surface area contributed by atoms with Gasteiger partial charge in [-0.25, -0.2) is 8.42 Å². The van der Waals surface area contributed by atoms with E-state index in [2.05, 4.69) is 5.32 Å². The van der Waals surface area contributed by atoms with E-state index in [0.29, 0.717) is 11.3 Å². The molecule has 2 aromatic rings. The van der Waals surface area contributed by atoms with Crippen LogP contribution in [0.15, 0.2) is 59.5 Å². The molecule has 0 spiro atoms. The second kappa shape index (κ2) is 8.10. The fourth-order valence-corrected chi connectivity index (χ4v) is 4.29. The van der Waals surface area contributed by atoms with Crippen molar-refractivity contribution >= 4 is 21.6 Å². The molecule has 0 bridgehead atoms. The highest BCUT2D eigenvalue weighted by Crippen LogP contribution is 2.22. The first-order chi connectivity index (χ1) is 12.9. The van der Waals surface area contributed by atoms with Gasteiger partial charge in [0.2, 0.25) is 0 Å². The van der Waals surface area contributed by atoms with Crippen LogP contribution in [-0.2, 0) is 14.8 Å². The Bertz CT molecular complexity index is 876. The molecule has 0 aliphatic carbocycles. The second-order valence-corrected chi connectivity index (χ2v) is 8.62. The van der Waals surface area contributed by atoms with Crippen LogP contribution >= 0.6 is 0 Å². The monoisotopic (exact) mass is 388 g/mol. The van der Waals surface area contributed by atoms with Gasteiger partial charge in [0.05, 0.1) is 22.7 Å². The Morgan fingerprint density at radius 3 is 2.41 bits per heavy atom. The molecule has 1 fully saturated rings. The molecular weight excluding hydrogens is 364 g/mol. The van der Waals surface area contributed by atoms with Crippen LogP contribution < -0.4 is 9.62 Å². The number of amides is 1. The lowest BCUT2D eigenvalue weighted by Gasteiger charge is -2.21. The standard InChI is InChI=1S/C20H24N2O4S/c1-15(19-9-6-14-26-19)21-20(23)16-10-12-18(13-11-16)27(24,25)22(2)17-7-4-3-5-8-17/h3-5,7-8,10-13,15,19H,6,9,14H2,1-2H3,(H,21,23). The third-order valence-corrected chi connectivity index (χ3v) is 6.58. The lowest BCUT2D eigenvalue weighted by molar-refractivity contribution is 0.0712. The molecular formula is C20H24N2O4S. The molecule has 2 aromatic carbocycles. The highest BCUT2D eigenvalue weighted by Gasteiger charge is 2.25. The maximum Gasteiger partial charge on any atom is 0.264 e. The lowest BCUT2D eigenvalue weighted by Crippen LogP contribution is -2.40. The van der Waals surface area contributed by atoms with Gasteiger partial charge in [0.15, 0.2) is 0 Å². The van der Waals surface area contributed by atoms with Gasteiger partial charge in [-0.15, -0.1) is 0 Å². The third-order valence-electron chi connectivity index (χ3n) is 4.78. The van der Waals surface area contributed by atoms with Crippen molar-refractivity contribution in [2.75, 3.05) is 18.0 Å². The summed E-state index contributed by atoms with van der Waals surface area (Å²) in [6.45, 7) is 2.65. The van der Waals surface area contributed by atoms with E-state index in [-0.39, 0.29) is 22.9 Å². The predicted molar refractivity (Wildman–Crippen MR) is 104 cm³/mol. The number of benzene rings is 2. The average molecular weight is 388 g/mol. The largest absolute Gasteiger partial charge is 0.376 e. The van der Waals surface area contributed by atoms with E-state index in [9.17, 15) is 13.2 Å². The summed E-state index contributed by atoms with van der Waals surface area (Å²) < 4.78 is 32.4. The third kappa shape index (κ3) is 4.31. The number of para-hydroxylation sites is 1. The number of ether oxygens (including phenoxy) is 1. The first-order valence-corrected chi connectivity index (χ1v) is 10.4. The van der Waals surface area contributed by atoms with Crippen molar-refractivity contribution in [2.24, 2.45) is 0 Å². The number of rotatable bonds is 6. The van der Waals surface area contributed by atoms with Crippen molar-refractivity contribution in [1.29, 1.82) is 0 Å². The first-order valence-electron chi connectivity index (χ1n) is 8.96. The molecule has 144 valence electrons. The van der Waals surface area contributed by atoms with E-state index in [4.69, 9.17) is 4.74 Å². The van der Waals surface area contributed by atoms with E-state index in [1.54, 1.807) is 24.3 Å². The van der Waals surface area contributed by atoms with Gasteiger partial charge in [-0.2, -0.15) is 0 Å². The van der Waals surface area contributed by atoms with Crippen LogP contribution in [0.1, 0.15) is 30.1 Å². The Morgan fingerprint density at radius 2 is 1.81 bits per heavy atom. The molecule has 2 unspecified atom stereocenters. The molecule has 27 heavy (non-hydrogen) atoms. The Labute approximate surface area is 160 Å². The topological polar surface area (TPSA) is 75.7 Å². The summed E-state index contributed by atoms with van der Waals surface area (Å²) in [5, 5.41) is 2.92. The smallest absolute Gasteiger partial charge is 0.264 e. The molecule has 1 aliphatic rings. The van der Waals surface area contributed by atoms with Crippen molar-refractivity contribution in [3.8, 4) is 0 Å². The summed E-state index contributed by atoms with van der Waals surface area (Å²) in [4.78, 5) is 12.5. The van der Waals surface area contributed by atoms with Crippen LogP contribution in [0.5, 0.6) is 0 Å². The maximum atomic E-state index is 12.8. The van der Waals surface area contributed by atoms with Crippen molar-refractivity contribution in [1.82, 2.24) is 5.32 Å². The Morgan fingerprint density at radius 1 is 1.15 bits per heavy atom. The summed E-state index contributed by atoms with van der Waals surface area (Å²) in [6.07, 6.45) is 1.98. The molecule has 2 atom stereocenters. The van der Waals surface area contributed by atoms with E-state index in [1.807, 2.05) is 13.0 Å². The van der Waals surface area contributed by atoms with Gasteiger partial charge in [0.1, 0.15) is 0 Å². The lowest BCUT2D eigenvalue weighted by atomic mass is 10.1. The first kappa shape index (κ1) is 19.4. The SMILES string of the molecule is CC(NC(=O)c1ccc(S(=O)(=O)N(C)c2ccccc2)cc1)C1CCCO1. The van der Waals surface area contributed by atoms with Gasteiger partial charge in [0.25, 0.3) is 15.9 Å². The van der Waals surface area contributed by atoms with Crippen LogP contribution in [0.25, 0.3) is 0 Å². The zero-order valence-corrected chi connectivity index (χ0v) is 16.3.